The lowest BCUT2D eigenvalue weighted by Gasteiger charge is -2.07. The van der Waals surface area contributed by atoms with Crippen LogP contribution in [-0.4, -0.2) is 17.9 Å². The van der Waals surface area contributed by atoms with Gasteiger partial charge in [0.1, 0.15) is 16.4 Å². The summed E-state index contributed by atoms with van der Waals surface area (Å²) in [6.45, 7) is 4.07. The van der Waals surface area contributed by atoms with Crippen LogP contribution in [0.4, 0.5) is 16.6 Å². The SMILES string of the molecule is COc1ccc(C(=O)c2sc(Nc3ccc(C)cc3C)nc2N)cc1. The van der Waals surface area contributed by atoms with Crippen LogP contribution < -0.4 is 15.8 Å². The maximum Gasteiger partial charge on any atom is 0.206 e. The van der Waals surface area contributed by atoms with Crippen LogP contribution in [0.5, 0.6) is 5.75 Å². The zero-order chi connectivity index (χ0) is 18.0. The minimum atomic E-state index is -0.147. The second kappa shape index (κ2) is 6.94. The van der Waals surface area contributed by atoms with Crippen molar-refractivity contribution in [1.82, 2.24) is 4.98 Å². The van der Waals surface area contributed by atoms with Crippen molar-refractivity contribution >= 4 is 33.8 Å². The molecule has 1 aromatic heterocycles. The van der Waals surface area contributed by atoms with Gasteiger partial charge in [0.25, 0.3) is 0 Å². The Kier molecular flexibility index (Phi) is 4.72. The summed E-state index contributed by atoms with van der Waals surface area (Å²) in [6, 6.07) is 13.0. The normalized spacial score (nSPS) is 10.5. The molecule has 0 spiro atoms. The first kappa shape index (κ1) is 17.0. The fourth-order valence-corrected chi connectivity index (χ4v) is 3.35. The number of nitrogens with one attached hydrogen (secondary N) is 1. The van der Waals surface area contributed by atoms with Gasteiger partial charge in [-0.1, -0.05) is 29.0 Å². The third-order valence-electron chi connectivity index (χ3n) is 3.84. The molecule has 25 heavy (non-hydrogen) atoms. The molecule has 3 N–H and O–H groups in total. The van der Waals surface area contributed by atoms with Crippen LogP contribution >= 0.6 is 11.3 Å². The molecule has 0 bridgehead atoms. The van der Waals surface area contributed by atoms with Gasteiger partial charge in [-0.3, -0.25) is 4.79 Å². The Morgan fingerprint density at radius 2 is 1.88 bits per heavy atom. The predicted octanol–water partition coefficient (Wildman–Crippen LogP) is 4.33. The topological polar surface area (TPSA) is 77.2 Å². The molecule has 128 valence electrons. The fourth-order valence-electron chi connectivity index (χ4n) is 2.49. The van der Waals surface area contributed by atoms with Crippen molar-refractivity contribution in [3.63, 3.8) is 0 Å². The Bertz CT molecular complexity index is 917. The number of thiazole rings is 1. The molecule has 0 aliphatic carbocycles. The lowest BCUT2D eigenvalue weighted by Crippen LogP contribution is -2.02. The average molecular weight is 353 g/mol. The summed E-state index contributed by atoms with van der Waals surface area (Å²) >= 11 is 1.25. The Labute approximate surface area is 150 Å². The van der Waals surface area contributed by atoms with Crippen LogP contribution in [-0.2, 0) is 0 Å². The predicted molar refractivity (Wildman–Crippen MR) is 102 cm³/mol. The number of aryl methyl sites for hydroxylation is 2. The number of nitrogens with zero attached hydrogens (tertiary/aromatic N) is 1. The van der Waals surface area contributed by atoms with Crippen molar-refractivity contribution in [1.29, 1.82) is 0 Å². The minimum Gasteiger partial charge on any atom is -0.497 e. The molecular formula is C19H19N3O2S. The molecule has 0 radical (unpaired) electrons. The number of ketones is 1. The summed E-state index contributed by atoms with van der Waals surface area (Å²) < 4.78 is 5.11. The van der Waals surface area contributed by atoms with Crippen LogP contribution in [0.25, 0.3) is 0 Å². The third kappa shape index (κ3) is 3.64. The molecule has 0 saturated heterocycles. The number of hydrogen-bond acceptors (Lipinski definition) is 6. The van der Waals surface area contributed by atoms with Gasteiger partial charge < -0.3 is 15.8 Å². The van der Waals surface area contributed by atoms with Gasteiger partial charge in [0.2, 0.25) is 5.78 Å². The van der Waals surface area contributed by atoms with Crippen molar-refractivity contribution in [2.75, 3.05) is 18.2 Å². The molecule has 0 aliphatic rings. The maximum absolute atomic E-state index is 12.7. The van der Waals surface area contributed by atoms with E-state index in [2.05, 4.69) is 16.4 Å². The molecule has 0 unspecified atom stereocenters. The van der Waals surface area contributed by atoms with Gasteiger partial charge in [0.15, 0.2) is 5.13 Å². The first-order valence-corrected chi connectivity index (χ1v) is 8.59. The van der Waals surface area contributed by atoms with Crippen LogP contribution in [0.2, 0.25) is 0 Å². The largest absolute Gasteiger partial charge is 0.497 e. The smallest absolute Gasteiger partial charge is 0.206 e. The van der Waals surface area contributed by atoms with Crippen LogP contribution in [0.15, 0.2) is 42.5 Å². The fraction of sp³-hybridized carbons (Fsp3) is 0.158. The van der Waals surface area contributed by atoms with Gasteiger partial charge in [0, 0.05) is 11.3 Å². The number of anilines is 3. The highest BCUT2D eigenvalue weighted by Gasteiger charge is 2.18. The molecule has 0 saturated carbocycles. The van der Waals surface area contributed by atoms with Crippen molar-refractivity contribution in [2.45, 2.75) is 13.8 Å². The van der Waals surface area contributed by atoms with E-state index in [4.69, 9.17) is 10.5 Å². The number of rotatable bonds is 5. The molecule has 1 heterocycles. The summed E-state index contributed by atoms with van der Waals surface area (Å²) in [5.74, 6) is 0.787. The van der Waals surface area contributed by atoms with E-state index < -0.39 is 0 Å². The zero-order valence-electron chi connectivity index (χ0n) is 14.3. The third-order valence-corrected chi connectivity index (χ3v) is 4.82. The van der Waals surface area contributed by atoms with Gasteiger partial charge in [-0.05, 0) is 49.7 Å². The highest BCUT2D eigenvalue weighted by molar-refractivity contribution is 7.18. The van der Waals surface area contributed by atoms with E-state index in [9.17, 15) is 4.79 Å². The second-order valence-electron chi connectivity index (χ2n) is 5.73. The number of carbonyl (C=O) groups is 1. The van der Waals surface area contributed by atoms with Crippen LogP contribution in [0.3, 0.4) is 0 Å². The quantitative estimate of drug-likeness (QED) is 0.668. The molecule has 0 fully saturated rings. The summed E-state index contributed by atoms with van der Waals surface area (Å²) in [7, 11) is 1.59. The number of methoxy groups -OCH3 is 1. The number of benzene rings is 2. The monoisotopic (exact) mass is 353 g/mol. The van der Waals surface area contributed by atoms with E-state index in [1.54, 1.807) is 31.4 Å². The number of carbonyl (C=O) groups excluding carboxylic acids is 1. The molecule has 2 aromatic carbocycles. The first-order valence-electron chi connectivity index (χ1n) is 7.77. The van der Waals surface area contributed by atoms with E-state index in [-0.39, 0.29) is 11.6 Å². The van der Waals surface area contributed by atoms with Crippen molar-refractivity contribution in [3.05, 3.63) is 64.0 Å². The van der Waals surface area contributed by atoms with Gasteiger partial charge in [-0.2, -0.15) is 0 Å². The highest BCUT2D eigenvalue weighted by Crippen LogP contribution is 2.31. The number of hydrogen-bond donors (Lipinski definition) is 2. The van der Waals surface area contributed by atoms with E-state index in [1.165, 1.54) is 16.9 Å². The molecule has 0 aliphatic heterocycles. The molecule has 0 amide bonds. The molecule has 6 heteroatoms. The Hall–Kier alpha value is -2.86. The van der Waals surface area contributed by atoms with Crippen molar-refractivity contribution < 1.29 is 9.53 Å². The van der Waals surface area contributed by atoms with Gasteiger partial charge in [-0.25, -0.2) is 4.98 Å². The standard InChI is InChI=1S/C19H19N3O2S/c1-11-4-9-15(12(2)10-11)21-19-22-18(20)17(25-19)16(23)13-5-7-14(24-3)8-6-13/h4-10H,20H2,1-3H3,(H,21,22). The number of nitrogens with two attached hydrogens (primary N) is 1. The highest BCUT2D eigenvalue weighted by atomic mass is 32.1. The first-order chi connectivity index (χ1) is 12.0. The molecular weight excluding hydrogens is 334 g/mol. The Morgan fingerprint density at radius 3 is 2.52 bits per heavy atom. The van der Waals surface area contributed by atoms with E-state index >= 15 is 0 Å². The lowest BCUT2D eigenvalue weighted by atomic mass is 10.1. The summed E-state index contributed by atoms with van der Waals surface area (Å²) in [4.78, 5) is 17.4. The maximum atomic E-state index is 12.7. The zero-order valence-corrected chi connectivity index (χ0v) is 15.1. The average Bonchev–Trinajstić information content (AvgIpc) is 2.97. The Balaban J connectivity index is 1.85. The Morgan fingerprint density at radius 1 is 1.16 bits per heavy atom. The summed E-state index contributed by atoms with van der Waals surface area (Å²) in [6.07, 6.45) is 0. The van der Waals surface area contributed by atoms with Crippen molar-refractivity contribution in [2.24, 2.45) is 0 Å². The van der Waals surface area contributed by atoms with E-state index in [0.717, 1.165) is 11.3 Å². The minimum absolute atomic E-state index is 0.147. The summed E-state index contributed by atoms with van der Waals surface area (Å²) in [5, 5.41) is 3.84. The van der Waals surface area contributed by atoms with Crippen LogP contribution in [0, 0.1) is 13.8 Å². The molecule has 3 rings (SSSR count). The van der Waals surface area contributed by atoms with Gasteiger partial charge >= 0.3 is 0 Å². The van der Waals surface area contributed by atoms with Crippen molar-refractivity contribution in [3.8, 4) is 5.75 Å². The molecule has 3 aromatic rings. The number of nitrogen functional groups attached to an aromatic ring is 1. The summed E-state index contributed by atoms with van der Waals surface area (Å²) in [5.41, 5.74) is 9.76. The molecule has 0 atom stereocenters. The van der Waals surface area contributed by atoms with Crippen LogP contribution in [0.1, 0.15) is 26.4 Å². The lowest BCUT2D eigenvalue weighted by molar-refractivity contribution is 0.104. The molecule has 5 nitrogen and oxygen atoms in total. The number of aromatic nitrogens is 1. The van der Waals surface area contributed by atoms with Gasteiger partial charge in [-0.15, -0.1) is 0 Å². The second-order valence-corrected chi connectivity index (χ2v) is 6.73. The van der Waals surface area contributed by atoms with E-state index in [1.807, 2.05) is 26.0 Å². The van der Waals surface area contributed by atoms with Gasteiger partial charge in [0.05, 0.1) is 7.11 Å². The number of ether oxygens (including phenoxy) is 1. The van der Waals surface area contributed by atoms with E-state index in [0.29, 0.717) is 21.3 Å².